The van der Waals surface area contributed by atoms with Crippen LogP contribution in [-0.2, 0) is 9.59 Å². The van der Waals surface area contributed by atoms with Gasteiger partial charge >= 0.3 is 0 Å². The van der Waals surface area contributed by atoms with Crippen LogP contribution in [0.2, 0.25) is 0 Å². The van der Waals surface area contributed by atoms with Crippen molar-refractivity contribution in [2.45, 2.75) is 20.8 Å². The Hall–Kier alpha value is -3.19. The Bertz CT molecular complexity index is 884. The predicted octanol–water partition coefficient (Wildman–Crippen LogP) is 2.48. The van der Waals surface area contributed by atoms with Crippen LogP contribution in [0.4, 0.5) is 11.4 Å². The lowest BCUT2D eigenvalue weighted by molar-refractivity contribution is -0.119. The summed E-state index contributed by atoms with van der Waals surface area (Å²) >= 11 is 0. The van der Waals surface area contributed by atoms with E-state index < -0.39 is 0 Å². The number of nitrogens with one attached hydrogen (secondary N) is 3. The highest BCUT2D eigenvalue weighted by atomic mass is 16.2. The molecule has 0 fully saturated rings. The maximum atomic E-state index is 12.4. The third kappa shape index (κ3) is 6.43. The largest absolute Gasteiger partial charge is 0.355 e. The van der Waals surface area contributed by atoms with Crippen molar-refractivity contribution in [3.63, 3.8) is 0 Å². The Balaban J connectivity index is 1.86. The van der Waals surface area contributed by atoms with Crippen molar-refractivity contribution < 1.29 is 14.4 Å². The summed E-state index contributed by atoms with van der Waals surface area (Å²) in [5.41, 5.74) is 5.09. The first-order valence-corrected chi connectivity index (χ1v) is 9.38. The SMILES string of the molecule is CNC(=O)c1ccc(NC(=O)CN(C)CC(=O)Nc2c(C)cc(C)cc2C)cc1. The maximum absolute atomic E-state index is 12.4. The Morgan fingerprint density at radius 2 is 1.38 bits per heavy atom. The van der Waals surface area contributed by atoms with Crippen LogP contribution in [0.15, 0.2) is 36.4 Å². The highest BCUT2D eigenvalue weighted by molar-refractivity contribution is 5.97. The average Bonchev–Trinajstić information content (AvgIpc) is 2.64. The second-order valence-corrected chi connectivity index (χ2v) is 7.20. The van der Waals surface area contributed by atoms with E-state index in [-0.39, 0.29) is 30.8 Å². The van der Waals surface area contributed by atoms with Gasteiger partial charge in [-0.15, -0.1) is 0 Å². The molecule has 0 aromatic heterocycles. The molecule has 7 heteroatoms. The number of nitrogens with zero attached hydrogens (tertiary/aromatic N) is 1. The molecule has 0 aliphatic rings. The molecule has 0 aliphatic carbocycles. The molecule has 2 aromatic carbocycles. The normalized spacial score (nSPS) is 10.6. The summed E-state index contributed by atoms with van der Waals surface area (Å²) < 4.78 is 0. The minimum absolute atomic E-state index is 0.0660. The smallest absolute Gasteiger partial charge is 0.251 e. The molecule has 0 atom stereocenters. The number of anilines is 2. The van der Waals surface area contributed by atoms with Gasteiger partial charge in [-0.1, -0.05) is 17.7 Å². The lowest BCUT2D eigenvalue weighted by Gasteiger charge is -2.18. The van der Waals surface area contributed by atoms with Gasteiger partial charge in [0.05, 0.1) is 13.1 Å². The fourth-order valence-electron chi connectivity index (χ4n) is 3.15. The molecular weight excluding hydrogens is 368 g/mol. The number of amides is 3. The van der Waals surface area contributed by atoms with Crippen LogP contribution >= 0.6 is 0 Å². The zero-order chi connectivity index (χ0) is 21.6. The molecule has 0 saturated heterocycles. The van der Waals surface area contributed by atoms with Crippen molar-refractivity contribution in [3.05, 3.63) is 58.7 Å². The van der Waals surface area contributed by atoms with E-state index in [1.165, 1.54) is 0 Å². The highest BCUT2D eigenvalue weighted by Crippen LogP contribution is 2.21. The number of hydrogen-bond donors (Lipinski definition) is 3. The van der Waals surface area contributed by atoms with Crippen molar-refractivity contribution in [3.8, 4) is 0 Å². The lowest BCUT2D eigenvalue weighted by Crippen LogP contribution is -2.36. The monoisotopic (exact) mass is 396 g/mol. The summed E-state index contributed by atoms with van der Waals surface area (Å²) in [4.78, 5) is 37.8. The topological polar surface area (TPSA) is 90.5 Å². The van der Waals surface area contributed by atoms with Gasteiger partial charge in [-0.2, -0.15) is 0 Å². The third-order valence-corrected chi connectivity index (χ3v) is 4.43. The molecule has 0 unspecified atom stereocenters. The van der Waals surface area contributed by atoms with E-state index in [1.54, 1.807) is 43.3 Å². The molecule has 0 radical (unpaired) electrons. The molecule has 0 bridgehead atoms. The van der Waals surface area contributed by atoms with Gasteiger partial charge in [0.15, 0.2) is 0 Å². The Morgan fingerprint density at radius 1 is 0.862 bits per heavy atom. The second kappa shape index (κ2) is 9.84. The molecule has 3 amide bonds. The number of hydrogen-bond acceptors (Lipinski definition) is 4. The number of likely N-dealkylation sites (N-methyl/N-ethyl adjacent to an activating group) is 1. The molecule has 2 rings (SSSR count). The van der Waals surface area contributed by atoms with Gasteiger partial charge in [-0.3, -0.25) is 19.3 Å². The van der Waals surface area contributed by atoms with Crippen molar-refractivity contribution in [1.82, 2.24) is 10.2 Å². The predicted molar refractivity (Wildman–Crippen MR) is 115 cm³/mol. The summed E-state index contributed by atoms with van der Waals surface area (Å²) in [7, 11) is 3.27. The number of carbonyl (C=O) groups is 3. The minimum Gasteiger partial charge on any atom is -0.355 e. The number of rotatable bonds is 7. The van der Waals surface area contributed by atoms with Crippen LogP contribution in [-0.4, -0.2) is 49.8 Å². The minimum atomic E-state index is -0.240. The van der Waals surface area contributed by atoms with Gasteiger partial charge in [-0.25, -0.2) is 0 Å². The fourth-order valence-corrected chi connectivity index (χ4v) is 3.15. The van der Waals surface area contributed by atoms with Crippen LogP contribution in [0.3, 0.4) is 0 Å². The van der Waals surface area contributed by atoms with Crippen molar-refractivity contribution in [1.29, 1.82) is 0 Å². The fraction of sp³-hybridized carbons (Fsp3) is 0.318. The second-order valence-electron chi connectivity index (χ2n) is 7.20. The lowest BCUT2D eigenvalue weighted by atomic mass is 10.1. The highest BCUT2D eigenvalue weighted by Gasteiger charge is 2.13. The van der Waals surface area contributed by atoms with E-state index in [1.807, 2.05) is 32.9 Å². The standard InChI is InChI=1S/C22H28N4O3/c1-14-10-15(2)21(16(3)11-14)25-20(28)13-26(5)12-19(27)24-18-8-6-17(7-9-18)22(29)23-4/h6-11H,12-13H2,1-5H3,(H,23,29)(H,24,27)(H,25,28). The molecular formula is C22H28N4O3. The third-order valence-electron chi connectivity index (χ3n) is 4.43. The first-order valence-electron chi connectivity index (χ1n) is 9.38. The number of carbonyl (C=O) groups excluding carboxylic acids is 3. The van der Waals surface area contributed by atoms with E-state index in [0.717, 1.165) is 22.4 Å². The molecule has 3 N–H and O–H groups in total. The molecule has 7 nitrogen and oxygen atoms in total. The van der Waals surface area contributed by atoms with E-state index in [2.05, 4.69) is 16.0 Å². The summed E-state index contributed by atoms with van der Waals surface area (Å²) in [6.07, 6.45) is 0. The van der Waals surface area contributed by atoms with Crippen LogP contribution in [0, 0.1) is 20.8 Å². The molecule has 0 spiro atoms. The van der Waals surface area contributed by atoms with Crippen molar-refractivity contribution in [2.24, 2.45) is 0 Å². The zero-order valence-corrected chi connectivity index (χ0v) is 17.6. The molecule has 29 heavy (non-hydrogen) atoms. The zero-order valence-electron chi connectivity index (χ0n) is 17.6. The van der Waals surface area contributed by atoms with Gasteiger partial charge in [0.2, 0.25) is 11.8 Å². The van der Waals surface area contributed by atoms with Crippen LogP contribution < -0.4 is 16.0 Å². The van der Waals surface area contributed by atoms with Gasteiger partial charge in [0.1, 0.15) is 0 Å². The van der Waals surface area contributed by atoms with E-state index in [9.17, 15) is 14.4 Å². The Morgan fingerprint density at radius 3 is 1.90 bits per heavy atom. The van der Waals surface area contributed by atoms with Crippen molar-refractivity contribution in [2.75, 3.05) is 37.8 Å². The van der Waals surface area contributed by atoms with Gasteiger partial charge in [0.25, 0.3) is 5.91 Å². The van der Waals surface area contributed by atoms with Gasteiger partial charge in [-0.05, 0) is 63.2 Å². The Kier molecular flexibility index (Phi) is 7.50. The summed E-state index contributed by atoms with van der Waals surface area (Å²) in [6, 6.07) is 10.6. The van der Waals surface area contributed by atoms with Crippen LogP contribution in [0.25, 0.3) is 0 Å². The maximum Gasteiger partial charge on any atom is 0.251 e. The van der Waals surface area contributed by atoms with Crippen LogP contribution in [0.1, 0.15) is 27.0 Å². The van der Waals surface area contributed by atoms with E-state index in [0.29, 0.717) is 11.3 Å². The number of aryl methyl sites for hydroxylation is 3. The molecule has 0 aliphatic heterocycles. The summed E-state index contributed by atoms with van der Waals surface area (Å²) in [6.45, 7) is 6.10. The molecule has 2 aromatic rings. The van der Waals surface area contributed by atoms with Crippen molar-refractivity contribution >= 4 is 29.1 Å². The van der Waals surface area contributed by atoms with E-state index in [4.69, 9.17) is 0 Å². The van der Waals surface area contributed by atoms with Crippen LogP contribution in [0.5, 0.6) is 0 Å². The first kappa shape index (κ1) is 22.1. The van der Waals surface area contributed by atoms with Gasteiger partial charge in [0, 0.05) is 24.0 Å². The molecule has 0 saturated carbocycles. The Labute approximate surface area is 171 Å². The average molecular weight is 396 g/mol. The van der Waals surface area contributed by atoms with Gasteiger partial charge < -0.3 is 16.0 Å². The summed E-state index contributed by atoms with van der Waals surface area (Å²) in [5.74, 6) is -0.603. The van der Waals surface area contributed by atoms with E-state index >= 15 is 0 Å². The molecule has 0 heterocycles. The number of benzene rings is 2. The molecule has 154 valence electrons. The quantitative estimate of drug-likeness (QED) is 0.671. The summed E-state index contributed by atoms with van der Waals surface area (Å²) in [5, 5.41) is 8.23. The first-order chi connectivity index (χ1) is 13.7.